The molecule has 0 fully saturated rings. The van der Waals surface area contributed by atoms with Gasteiger partial charge >= 0.3 is 0 Å². The summed E-state index contributed by atoms with van der Waals surface area (Å²) in [4.78, 5) is -0.789. The summed E-state index contributed by atoms with van der Waals surface area (Å²) in [5, 5.41) is 3.45. The molecule has 0 radical (unpaired) electrons. The average Bonchev–Trinajstić information content (AvgIpc) is 2.60. The average molecular weight is 279 g/mol. The number of rotatable bonds is 2. The summed E-state index contributed by atoms with van der Waals surface area (Å²) >= 11 is 0. The molecule has 8 heteroatoms. The first kappa shape index (κ1) is 12.0. The number of aromatic nitrogens is 2. The molecule has 0 aliphatic carbocycles. The van der Waals surface area contributed by atoms with Gasteiger partial charge in [-0.1, -0.05) is 12.1 Å². The van der Waals surface area contributed by atoms with Gasteiger partial charge in [0.05, 0.1) is 6.20 Å². The Bertz CT molecular complexity index is 669. The molecule has 0 amide bonds. The Hall–Kier alpha value is -1.47. The lowest BCUT2D eigenvalue weighted by Gasteiger charge is -2.02. The van der Waals surface area contributed by atoms with Crippen LogP contribution in [0.1, 0.15) is 0 Å². The van der Waals surface area contributed by atoms with Crippen molar-refractivity contribution in [2.45, 2.75) is 4.90 Å². The third-order valence-corrected chi connectivity index (χ3v) is 3.32. The zero-order valence-electron chi connectivity index (χ0n) is 8.14. The van der Waals surface area contributed by atoms with Crippen LogP contribution in [-0.4, -0.2) is 18.2 Å². The molecule has 0 saturated heterocycles. The fraction of sp³-hybridized carbons (Fsp3) is 0. The molecular weight excluding hydrogens is 274 g/mol. The molecule has 1 aromatic carbocycles. The lowest BCUT2D eigenvalue weighted by atomic mass is 10.3. The molecule has 0 aliphatic heterocycles. The summed E-state index contributed by atoms with van der Waals surface area (Å²) in [6.45, 7) is 0. The Balaban J connectivity index is 2.64. The van der Waals surface area contributed by atoms with Gasteiger partial charge in [0.15, 0.2) is 4.90 Å². The van der Waals surface area contributed by atoms with Crippen LogP contribution in [0.4, 0.5) is 8.78 Å². The number of nitrogens with zero attached hydrogens (tertiary/aromatic N) is 2. The number of halogens is 3. The van der Waals surface area contributed by atoms with Crippen LogP contribution in [-0.2, 0) is 9.05 Å². The molecule has 4 nitrogen and oxygen atoms in total. The third-order valence-electron chi connectivity index (χ3n) is 2.02. The Morgan fingerprint density at radius 1 is 1.24 bits per heavy atom. The normalized spacial score (nSPS) is 11.7. The second kappa shape index (κ2) is 4.08. The van der Waals surface area contributed by atoms with Gasteiger partial charge in [0.25, 0.3) is 9.05 Å². The van der Waals surface area contributed by atoms with E-state index in [1.54, 1.807) is 0 Å². The van der Waals surface area contributed by atoms with E-state index in [0.29, 0.717) is 4.68 Å². The molecule has 0 N–H and O–H groups in total. The van der Waals surface area contributed by atoms with Gasteiger partial charge in [0.1, 0.15) is 11.5 Å². The smallest absolute Gasteiger partial charge is 0.207 e. The van der Waals surface area contributed by atoms with Gasteiger partial charge in [-0.3, -0.25) is 0 Å². The summed E-state index contributed by atoms with van der Waals surface area (Å²) in [5.41, 5.74) is -0.198. The molecule has 0 unspecified atom stereocenters. The number of hydrogen-bond acceptors (Lipinski definition) is 3. The molecule has 0 aliphatic rings. The molecule has 2 aromatic rings. The predicted octanol–water partition coefficient (Wildman–Crippen LogP) is 2.08. The van der Waals surface area contributed by atoms with Gasteiger partial charge in [-0.05, 0) is 12.1 Å². The van der Waals surface area contributed by atoms with Crippen LogP contribution in [0.15, 0.2) is 35.4 Å². The Morgan fingerprint density at radius 2 is 1.88 bits per heavy atom. The molecule has 2 rings (SSSR count). The van der Waals surface area contributed by atoms with Crippen LogP contribution in [0.25, 0.3) is 5.69 Å². The van der Waals surface area contributed by atoms with E-state index in [1.165, 1.54) is 18.2 Å². The van der Waals surface area contributed by atoms with Crippen LogP contribution in [0.3, 0.4) is 0 Å². The topological polar surface area (TPSA) is 52.0 Å². The Labute approximate surface area is 99.9 Å². The highest BCUT2D eigenvalue weighted by atomic mass is 35.7. The highest BCUT2D eigenvalue weighted by molar-refractivity contribution is 8.13. The molecular formula is C9H5ClF2N2O2S. The van der Waals surface area contributed by atoms with Crippen LogP contribution < -0.4 is 0 Å². The number of para-hydroxylation sites is 1. The van der Waals surface area contributed by atoms with Gasteiger partial charge in [0.2, 0.25) is 5.95 Å². The minimum absolute atomic E-state index is 0.198. The van der Waals surface area contributed by atoms with Gasteiger partial charge in [-0.15, -0.1) is 0 Å². The Morgan fingerprint density at radius 3 is 2.41 bits per heavy atom. The summed E-state index contributed by atoms with van der Waals surface area (Å²) in [6, 6.07) is 5.25. The van der Waals surface area contributed by atoms with E-state index in [-0.39, 0.29) is 5.69 Å². The van der Waals surface area contributed by atoms with Crippen LogP contribution >= 0.6 is 10.7 Å². The zero-order valence-corrected chi connectivity index (χ0v) is 9.71. The van der Waals surface area contributed by atoms with Crippen LogP contribution in [0.5, 0.6) is 0 Å². The second-order valence-electron chi connectivity index (χ2n) is 3.10. The van der Waals surface area contributed by atoms with E-state index >= 15 is 0 Å². The highest BCUT2D eigenvalue weighted by Crippen LogP contribution is 2.21. The fourth-order valence-electron chi connectivity index (χ4n) is 1.27. The first-order chi connectivity index (χ1) is 7.91. The van der Waals surface area contributed by atoms with Gasteiger partial charge in [0, 0.05) is 10.7 Å². The maximum absolute atomic E-state index is 13.7. The molecule has 0 bridgehead atoms. The molecule has 1 heterocycles. The third kappa shape index (κ3) is 2.16. The summed E-state index contributed by atoms with van der Waals surface area (Å²) < 4.78 is 49.5. The minimum Gasteiger partial charge on any atom is -0.207 e. The lowest BCUT2D eigenvalue weighted by Crippen LogP contribution is -2.03. The van der Waals surface area contributed by atoms with Crippen molar-refractivity contribution in [3.63, 3.8) is 0 Å². The van der Waals surface area contributed by atoms with Crippen molar-refractivity contribution in [1.82, 2.24) is 9.78 Å². The molecule has 1 aromatic heterocycles. The number of hydrogen-bond donors (Lipinski definition) is 0. The summed E-state index contributed by atoms with van der Waals surface area (Å²) in [6.07, 6.45) is 0.726. The monoisotopic (exact) mass is 278 g/mol. The second-order valence-corrected chi connectivity index (χ2v) is 5.64. The molecule has 0 saturated carbocycles. The van der Waals surface area contributed by atoms with Crippen molar-refractivity contribution in [3.8, 4) is 5.69 Å². The zero-order chi connectivity index (χ0) is 12.6. The van der Waals surface area contributed by atoms with Gasteiger partial charge in [-0.2, -0.15) is 9.49 Å². The van der Waals surface area contributed by atoms with E-state index in [0.717, 1.165) is 12.3 Å². The van der Waals surface area contributed by atoms with E-state index in [9.17, 15) is 17.2 Å². The SMILES string of the molecule is O=S(=O)(Cl)c1cnn(-c2ccccc2F)c1F. The number of benzene rings is 1. The summed E-state index contributed by atoms with van der Waals surface area (Å²) in [5.74, 6) is -1.96. The van der Waals surface area contributed by atoms with Gasteiger partial charge < -0.3 is 0 Å². The lowest BCUT2D eigenvalue weighted by molar-refractivity contribution is 0.501. The molecule has 17 heavy (non-hydrogen) atoms. The summed E-state index contributed by atoms with van der Waals surface area (Å²) in [7, 11) is 0.747. The van der Waals surface area contributed by atoms with Gasteiger partial charge in [-0.25, -0.2) is 17.5 Å². The molecule has 0 atom stereocenters. The van der Waals surface area contributed by atoms with E-state index in [1.807, 2.05) is 0 Å². The van der Waals surface area contributed by atoms with Crippen molar-refractivity contribution >= 4 is 19.7 Å². The largest absolute Gasteiger partial charge is 0.267 e. The predicted molar refractivity (Wildman–Crippen MR) is 56.5 cm³/mol. The van der Waals surface area contributed by atoms with E-state index in [4.69, 9.17) is 10.7 Å². The first-order valence-electron chi connectivity index (χ1n) is 4.34. The standard InChI is InChI=1S/C9H5ClF2N2O2S/c10-17(15,16)8-5-13-14(9(8)12)7-4-2-1-3-6(7)11/h1-5H. The van der Waals surface area contributed by atoms with E-state index in [2.05, 4.69) is 5.10 Å². The van der Waals surface area contributed by atoms with Crippen molar-refractivity contribution in [1.29, 1.82) is 0 Å². The fourth-order valence-corrected chi connectivity index (χ4v) is 2.04. The van der Waals surface area contributed by atoms with E-state index < -0.39 is 25.7 Å². The van der Waals surface area contributed by atoms with Crippen molar-refractivity contribution < 1.29 is 17.2 Å². The maximum atomic E-state index is 13.7. The maximum Gasteiger partial charge on any atom is 0.267 e. The van der Waals surface area contributed by atoms with Crippen LogP contribution in [0, 0.1) is 11.8 Å². The van der Waals surface area contributed by atoms with Crippen molar-refractivity contribution in [2.24, 2.45) is 0 Å². The highest BCUT2D eigenvalue weighted by Gasteiger charge is 2.23. The van der Waals surface area contributed by atoms with Crippen molar-refractivity contribution in [2.75, 3.05) is 0 Å². The first-order valence-corrected chi connectivity index (χ1v) is 6.65. The minimum atomic E-state index is -4.24. The Kier molecular flexibility index (Phi) is 2.88. The molecule has 90 valence electrons. The molecule has 0 spiro atoms. The quantitative estimate of drug-likeness (QED) is 0.790. The van der Waals surface area contributed by atoms with Crippen molar-refractivity contribution in [3.05, 3.63) is 42.2 Å². The van der Waals surface area contributed by atoms with Crippen LogP contribution in [0.2, 0.25) is 0 Å².